The molecule has 0 amide bonds. The number of nitrogens with zero attached hydrogens (tertiary/aromatic N) is 1. The second-order valence-corrected chi connectivity index (χ2v) is 15.6. The van der Waals surface area contributed by atoms with Gasteiger partial charge in [0.05, 0.1) is 15.9 Å². The summed E-state index contributed by atoms with van der Waals surface area (Å²) in [6.45, 7) is 0. The summed E-state index contributed by atoms with van der Waals surface area (Å²) in [7, 11) is -2.64. The van der Waals surface area contributed by atoms with Crippen molar-refractivity contribution in [2.24, 2.45) is 0 Å². The van der Waals surface area contributed by atoms with Gasteiger partial charge in [-0.3, -0.25) is 0 Å². The van der Waals surface area contributed by atoms with Crippen molar-refractivity contribution in [3.63, 3.8) is 0 Å². The Kier molecular flexibility index (Phi) is 6.06. The average molecular weight is 570 g/mol. The Balaban J connectivity index is 1.45. The smallest absolute Gasteiger partial charge is 0.179 e. The molecule has 0 saturated carbocycles. The molecule has 6 aromatic carbocycles. The van der Waals surface area contributed by atoms with Gasteiger partial charge in [-0.25, -0.2) is 4.98 Å². The van der Waals surface area contributed by atoms with Crippen molar-refractivity contribution in [1.29, 1.82) is 0 Å². The number of benzene rings is 6. The van der Waals surface area contributed by atoms with Crippen molar-refractivity contribution in [3.8, 4) is 11.3 Å². The highest BCUT2D eigenvalue weighted by Gasteiger charge is 2.41. The van der Waals surface area contributed by atoms with Crippen molar-refractivity contribution < 1.29 is 0 Å². The van der Waals surface area contributed by atoms with E-state index in [0.29, 0.717) is 0 Å². The van der Waals surface area contributed by atoms with Crippen molar-refractivity contribution in [2.45, 2.75) is 0 Å². The Morgan fingerprint density at radius 2 is 0.929 bits per heavy atom. The lowest BCUT2D eigenvalue weighted by atomic mass is 10.0. The van der Waals surface area contributed by atoms with Crippen LogP contribution in [0.1, 0.15) is 0 Å². The third-order valence-corrected chi connectivity index (χ3v) is 14.4. The van der Waals surface area contributed by atoms with Gasteiger partial charge in [0.1, 0.15) is 0 Å². The maximum absolute atomic E-state index is 5.43. The lowest BCUT2D eigenvalue weighted by Gasteiger charge is -2.34. The van der Waals surface area contributed by atoms with E-state index in [0.717, 1.165) is 16.8 Å². The van der Waals surface area contributed by atoms with E-state index in [-0.39, 0.29) is 0 Å². The minimum Gasteiger partial charge on any atom is -0.246 e. The summed E-state index contributed by atoms with van der Waals surface area (Å²) in [4.78, 5) is 5.43. The zero-order chi connectivity index (χ0) is 27.9. The summed E-state index contributed by atoms with van der Waals surface area (Å²) in [5.74, 6) is 0. The van der Waals surface area contributed by atoms with Gasteiger partial charge in [0.2, 0.25) is 0 Å². The lowest BCUT2D eigenvalue weighted by molar-refractivity contribution is 1.45. The van der Waals surface area contributed by atoms with Gasteiger partial charge in [-0.05, 0) is 26.8 Å². The van der Waals surface area contributed by atoms with Crippen molar-refractivity contribution in [2.75, 3.05) is 0 Å². The Hall–Kier alpha value is -4.83. The van der Waals surface area contributed by atoms with Gasteiger partial charge in [-0.1, -0.05) is 158 Å². The summed E-state index contributed by atoms with van der Waals surface area (Å²) in [5.41, 5.74) is 3.29. The Bertz CT molecular complexity index is 2090. The standard InChI is InChI=1S/C39H27NSSi/c1-4-16-29(17-5-1)42(30-18-6-2-7-19-30,31-20-8-3-9-21-31)32-22-14-15-28(27-32)37-33-23-10-11-24-34(33)39-38(40-37)35-25-12-13-26-36(35)41-39/h1-27H. The first-order chi connectivity index (χ1) is 20.8. The average Bonchev–Trinajstić information content (AvgIpc) is 3.45. The molecule has 8 aromatic rings. The molecule has 8 rings (SSSR count). The van der Waals surface area contributed by atoms with Crippen molar-refractivity contribution in [1.82, 2.24) is 4.98 Å². The predicted molar refractivity (Wildman–Crippen MR) is 184 cm³/mol. The van der Waals surface area contributed by atoms with Crippen LogP contribution in [0.5, 0.6) is 0 Å². The number of pyridine rings is 1. The molecule has 2 aromatic heterocycles. The van der Waals surface area contributed by atoms with Gasteiger partial charge in [0.15, 0.2) is 8.07 Å². The van der Waals surface area contributed by atoms with Gasteiger partial charge in [0, 0.05) is 26.4 Å². The zero-order valence-electron chi connectivity index (χ0n) is 22.9. The maximum atomic E-state index is 5.43. The number of fused-ring (bicyclic) bond motifs is 5. The van der Waals surface area contributed by atoms with Crippen LogP contribution in [0.2, 0.25) is 0 Å². The fourth-order valence-corrected chi connectivity index (χ4v) is 12.5. The first-order valence-electron chi connectivity index (χ1n) is 14.3. The second-order valence-electron chi connectivity index (χ2n) is 10.7. The molecule has 0 unspecified atom stereocenters. The van der Waals surface area contributed by atoms with E-state index in [2.05, 4.69) is 164 Å². The van der Waals surface area contributed by atoms with Crippen LogP contribution in [0, 0.1) is 0 Å². The predicted octanol–water partition coefficient (Wildman–Crippen LogP) is 7.65. The minimum atomic E-state index is -2.64. The maximum Gasteiger partial charge on any atom is 0.179 e. The molecule has 0 N–H and O–H groups in total. The van der Waals surface area contributed by atoms with Crippen LogP contribution in [-0.4, -0.2) is 13.1 Å². The molecular formula is C39H27NSSi. The second kappa shape index (κ2) is 10.2. The molecule has 0 atom stereocenters. The van der Waals surface area contributed by atoms with Gasteiger partial charge < -0.3 is 0 Å². The first kappa shape index (κ1) is 24.9. The molecule has 1 nitrogen and oxygen atoms in total. The highest BCUT2D eigenvalue weighted by atomic mass is 32.1. The highest BCUT2D eigenvalue weighted by Crippen LogP contribution is 2.40. The summed E-state index contributed by atoms with van der Waals surface area (Å²) in [6, 6.07) is 59.9. The first-order valence-corrected chi connectivity index (χ1v) is 17.1. The van der Waals surface area contributed by atoms with Gasteiger partial charge in [0.25, 0.3) is 0 Å². The number of thiophene rings is 1. The van der Waals surface area contributed by atoms with Crippen LogP contribution in [0.3, 0.4) is 0 Å². The van der Waals surface area contributed by atoms with Crippen LogP contribution >= 0.6 is 11.3 Å². The summed E-state index contributed by atoms with van der Waals surface area (Å²) in [5, 5.41) is 9.15. The topological polar surface area (TPSA) is 12.9 Å². The van der Waals surface area contributed by atoms with Gasteiger partial charge in [-0.2, -0.15) is 0 Å². The van der Waals surface area contributed by atoms with E-state index in [1.54, 1.807) is 0 Å². The Morgan fingerprint density at radius 3 is 1.55 bits per heavy atom. The third-order valence-electron chi connectivity index (χ3n) is 8.41. The van der Waals surface area contributed by atoms with E-state index in [1.165, 1.54) is 46.3 Å². The molecule has 3 heteroatoms. The zero-order valence-corrected chi connectivity index (χ0v) is 24.8. The molecule has 42 heavy (non-hydrogen) atoms. The highest BCUT2D eigenvalue weighted by molar-refractivity contribution is 7.26. The fraction of sp³-hybridized carbons (Fsp3) is 0. The SMILES string of the molecule is c1ccc([Si](c2ccccc2)(c2ccccc2)c2cccc(-c3nc4c5ccccc5sc4c4ccccc34)c2)cc1. The quantitative estimate of drug-likeness (QED) is 0.153. The third kappa shape index (κ3) is 3.86. The number of aromatic nitrogens is 1. The summed E-state index contributed by atoms with van der Waals surface area (Å²) >= 11 is 1.84. The van der Waals surface area contributed by atoms with Crippen LogP contribution in [-0.2, 0) is 0 Å². The molecule has 0 radical (unpaired) electrons. The van der Waals surface area contributed by atoms with Crippen LogP contribution in [0.25, 0.3) is 42.3 Å². The monoisotopic (exact) mass is 569 g/mol. The van der Waals surface area contributed by atoms with Gasteiger partial charge in [-0.15, -0.1) is 11.3 Å². The van der Waals surface area contributed by atoms with Crippen LogP contribution in [0.4, 0.5) is 0 Å². The normalized spacial score (nSPS) is 11.8. The molecule has 0 aliphatic carbocycles. The Morgan fingerprint density at radius 1 is 0.429 bits per heavy atom. The van der Waals surface area contributed by atoms with Crippen LogP contribution in [0.15, 0.2) is 164 Å². The van der Waals surface area contributed by atoms with Crippen LogP contribution < -0.4 is 20.7 Å². The molecule has 0 bridgehead atoms. The molecule has 0 fully saturated rings. The minimum absolute atomic E-state index is 1.04. The molecule has 0 saturated heterocycles. The van der Waals surface area contributed by atoms with E-state index in [1.807, 2.05) is 11.3 Å². The molecule has 2 heterocycles. The molecule has 0 aliphatic rings. The Labute approximate surface area is 250 Å². The molecular weight excluding hydrogens is 543 g/mol. The van der Waals surface area contributed by atoms with Crippen molar-refractivity contribution in [3.05, 3.63) is 164 Å². The number of hydrogen-bond donors (Lipinski definition) is 0. The fourth-order valence-electron chi connectivity index (χ4n) is 6.57. The molecule has 0 aliphatic heterocycles. The molecule has 0 spiro atoms. The number of rotatable bonds is 5. The van der Waals surface area contributed by atoms with E-state index >= 15 is 0 Å². The van der Waals surface area contributed by atoms with Gasteiger partial charge >= 0.3 is 0 Å². The largest absolute Gasteiger partial charge is 0.246 e. The van der Waals surface area contributed by atoms with Crippen molar-refractivity contribution >= 4 is 71.2 Å². The number of hydrogen-bond acceptors (Lipinski definition) is 2. The van der Waals surface area contributed by atoms with E-state index < -0.39 is 8.07 Å². The molecule has 198 valence electrons. The summed E-state index contributed by atoms with van der Waals surface area (Å²) in [6.07, 6.45) is 0. The summed E-state index contributed by atoms with van der Waals surface area (Å²) < 4.78 is 2.54. The lowest BCUT2D eigenvalue weighted by Crippen LogP contribution is -2.74. The van der Waals surface area contributed by atoms with E-state index in [9.17, 15) is 0 Å². The van der Waals surface area contributed by atoms with E-state index in [4.69, 9.17) is 4.98 Å².